The van der Waals surface area contributed by atoms with Gasteiger partial charge in [0.25, 0.3) is 0 Å². The zero-order valence-electron chi connectivity index (χ0n) is 38.3. The van der Waals surface area contributed by atoms with E-state index in [1.165, 1.54) is 5.19 Å². The molecule has 4 heterocycles. The van der Waals surface area contributed by atoms with Crippen LogP contribution in [0.2, 0.25) is 19.6 Å². The van der Waals surface area contributed by atoms with Gasteiger partial charge in [-0.25, -0.2) is 9.97 Å². The normalized spacial score (nSPS) is 12.3. The number of aromatic nitrogens is 5. The Morgan fingerprint density at radius 2 is 1.40 bits per heavy atom. The molecule has 10 aromatic rings. The van der Waals surface area contributed by atoms with E-state index in [9.17, 15) is 5.11 Å². The molecule has 0 saturated carbocycles. The van der Waals surface area contributed by atoms with E-state index in [2.05, 4.69) is 180 Å². The largest absolute Gasteiger partial charge is 0.507 e. The number of hydrogen-bond acceptors (Lipinski definition) is 5. The molecule has 0 saturated heterocycles. The van der Waals surface area contributed by atoms with Gasteiger partial charge >= 0.3 is 0 Å². The van der Waals surface area contributed by atoms with E-state index in [1.54, 1.807) is 12.5 Å². The molecular formula is C56H52N5O2PtSi-. The van der Waals surface area contributed by atoms with Crippen LogP contribution in [0.15, 0.2) is 151 Å². The van der Waals surface area contributed by atoms with Crippen molar-refractivity contribution < 1.29 is 30.6 Å². The molecule has 0 radical (unpaired) electrons. The van der Waals surface area contributed by atoms with Gasteiger partial charge < -0.3 is 9.52 Å². The molecule has 0 aliphatic heterocycles. The zero-order valence-corrected chi connectivity index (χ0v) is 41.5. The summed E-state index contributed by atoms with van der Waals surface area (Å²) in [5.74, 6) is 0.878. The summed E-state index contributed by atoms with van der Waals surface area (Å²) in [5.41, 5.74) is 14.4. The van der Waals surface area contributed by atoms with Gasteiger partial charge in [0.2, 0.25) is 5.71 Å². The third-order valence-electron chi connectivity index (χ3n) is 12.4. The van der Waals surface area contributed by atoms with E-state index in [-0.39, 0.29) is 37.6 Å². The van der Waals surface area contributed by atoms with E-state index >= 15 is 0 Å². The molecule has 0 amide bonds. The second-order valence-corrected chi connectivity index (χ2v) is 25.1. The van der Waals surface area contributed by atoms with Gasteiger partial charge in [0.1, 0.15) is 17.9 Å². The van der Waals surface area contributed by atoms with Gasteiger partial charge in [-0.15, -0.1) is 6.07 Å². The average molecular weight is 1050 g/mol. The monoisotopic (exact) mass is 1050 g/mol. The Bertz CT molecular complexity index is 3400. The smallest absolute Gasteiger partial charge is 0.215 e. The molecule has 0 spiro atoms. The summed E-state index contributed by atoms with van der Waals surface area (Å²) >= 11 is 0. The van der Waals surface area contributed by atoms with Crippen LogP contribution in [0.4, 0.5) is 0 Å². The summed E-state index contributed by atoms with van der Waals surface area (Å²) in [6.07, 6.45) is 5.37. The van der Waals surface area contributed by atoms with Crippen molar-refractivity contribution in [1.29, 1.82) is 0 Å². The van der Waals surface area contributed by atoms with Gasteiger partial charge in [-0.2, -0.15) is 0 Å². The number of nitrogens with zero attached hydrogens (tertiary/aromatic N) is 5. The van der Waals surface area contributed by atoms with Gasteiger partial charge in [-0.05, 0) is 57.3 Å². The number of aromatic hydroxyl groups is 1. The van der Waals surface area contributed by atoms with Gasteiger partial charge in [0, 0.05) is 49.6 Å². The van der Waals surface area contributed by atoms with Crippen molar-refractivity contribution in [2.45, 2.75) is 72.0 Å². The van der Waals surface area contributed by atoms with Crippen molar-refractivity contribution in [2.24, 2.45) is 0 Å². The van der Waals surface area contributed by atoms with E-state index in [0.717, 1.165) is 78.0 Å². The minimum atomic E-state index is -1.74. The van der Waals surface area contributed by atoms with Crippen LogP contribution in [-0.4, -0.2) is 37.1 Å². The quantitative estimate of drug-likeness (QED) is 0.127. The molecule has 6 aromatic carbocycles. The summed E-state index contributed by atoms with van der Waals surface area (Å²) in [5, 5.41) is 13.9. The second-order valence-electron chi connectivity index (χ2n) is 20.0. The van der Waals surface area contributed by atoms with Crippen LogP contribution >= 0.6 is 0 Å². The first kappa shape index (κ1) is 43.9. The number of fused-ring (bicyclic) bond motifs is 4. The second kappa shape index (κ2) is 16.3. The van der Waals surface area contributed by atoms with Crippen LogP contribution in [0, 0.1) is 6.07 Å². The number of para-hydroxylation sites is 1. The Kier molecular flexibility index (Phi) is 11.0. The summed E-state index contributed by atoms with van der Waals surface area (Å²) < 4.78 is 10.9. The summed E-state index contributed by atoms with van der Waals surface area (Å²) in [6.45, 7) is 20.3. The number of benzene rings is 6. The maximum absolute atomic E-state index is 12.6. The van der Waals surface area contributed by atoms with Crippen molar-refractivity contribution in [3.05, 3.63) is 163 Å². The third kappa shape index (κ3) is 7.87. The Hall–Kier alpha value is -6.34. The molecule has 328 valence electrons. The molecule has 0 atom stereocenters. The predicted octanol–water partition coefficient (Wildman–Crippen LogP) is 13.8. The third-order valence-corrected chi connectivity index (χ3v) is 14.4. The maximum Gasteiger partial charge on any atom is 0.215 e. The standard InChI is InChI=1S/C56H52N5O2Si.Pt/c1-55(2,3)39-30-44(52(62)45(31-39)56(4,5)6)54-59-51-41(21-16-22-48(51)61(54)47-24-23-40(64(7,8)9)32-42(47)36-19-14-11-15-20-36)43-27-38(29-49-53(43)63-50-33-57-34-60(49)50)46-28-37(25-26-58-46)35-17-12-10-13-18-35;/h10-26,28-34,62H,1-9H3;/q-1;. The molecule has 1 N–H and O–H groups in total. The van der Waals surface area contributed by atoms with Crippen molar-refractivity contribution in [1.82, 2.24) is 23.9 Å². The molecule has 7 nitrogen and oxygen atoms in total. The van der Waals surface area contributed by atoms with Crippen LogP contribution in [0.1, 0.15) is 52.7 Å². The van der Waals surface area contributed by atoms with E-state index in [4.69, 9.17) is 14.4 Å². The minimum absolute atomic E-state index is 0. The Morgan fingerprint density at radius 3 is 2.09 bits per heavy atom. The molecule has 0 unspecified atom stereocenters. The summed E-state index contributed by atoms with van der Waals surface area (Å²) in [7, 11) is -1.74. The molecule has 65 heavy (non-hydrogen) atoms. The molecule has 9 heteroatoms. The molecular weight excluding hydrogens is 998 g/mol. The van der Waals surface area contributed by atoms with Crippen LogP contribution in [0.25, 0.3) is 89.6 Å². The molecule has 0 aliphatic rings. The zero-order chi connectivity index (χ0) is 44.7. The fourth-order valence-corrected chi connectivity index (χ4v) is 9.94. The first-order chi connectivity index (χ1) is 30.5. The fraction of sp³-hybridized carbons (Fsp3) is 0.196. The van der Waals surface area contributed by atoms with Gasteiger partial charge in [0.15, 0.2) is 0 Å². The average Bonchev–Trinajstić information content (AvgIpc) is 4.00. The Morgan fingerprint density at radius 1 is 0.677 bits per heavy atom. The number of pyridine rings is 1. The van der Waals surface area contributed by atoms with Crippen molar-refractivity contribution in [2.75, 3.05) is 0 Å². The Balaban J connectivity index is 0.00000533. The van der Waals surface area contributed by atoms with Gasteiger partial charge in [-0.1, -0.05) is 186 Å². The minimum Gasteiger partial charge on any atom is -0.507 e. The van der Waals surface area contributed by atoms with E-state index in [0.29, 0.717) is 22.7 Å². The first-order valence-corrected chi connectivity index (χ1v) is 25.5. The molecule has 4 aromatic heterocycles. The van der Waals surface area contributed by atoms with Crippen LogP contribution in [0.5, 0.6) is 5.75 Å². The number of oxazole rings is 1. The van der Waals surface area contributed by atoms with Crippen LogP contribution in [0.3, 0.4) is 0 Å². The predicted molar refractivity (Wildman–Crippen MR) is 265 cm³/mol. The number of phenols is 1. The van der Waals surface area contributed by atoms with E-state index in [1.807, 2.05) is 34.9 Å². The molecule has 0 aliphatic carbocycles. The number of hydrogen-bond donors (Lipinski definition) is 1. The topological polar surface area (TPSA) is 81.4 Å². The SMILES string of the molecule is CC(C)(C)c1cc(-c2nc3c(-c4[c-]c(-c5cc(-c6ccccc6)ccn5)cc5c4oc4cncn45)cccc3n2-c2ccc([Si](C)(C)C)cc2-c2ccccc2)c(O)c(C(C)(C)C)c1.[Pt]. The van der Waals surface area contributed by atoms with Crippen LogP contribution in [-0.2, 0) is 31.9 Å². The van der Waals surface area contributed by atoms with Gasteiger partial charge in [-0.3, -0.25) is 14.0 Å². The molecule has 0 bridgehead atoms. The Labute approximate surface area is 396 Å². The number of phenolic OH excluding ortho intramolecular Hbond substituents is 1. The van der Waals surface area contributed by atoms with Crippen LogP contribution < -0.4 is 5.19 Å². The van der Waals surface area contributed by atoms with Crippen molar-refractivity contribution >= 4 is 41.1 Å². The van der Waals surface area contributed by atoms with Crippen molar-refractivity contribution in [3.8, 4) is 67.5 Å². The van der Waals surface area contributed by atoms with Gasteiger partial charge in [0.05, 0.1) is 42.1 Å². The maximum atomic E-state index is 12.6. The molecule has 0 fully saturated rings. The van der Waals surface area contributed by atoms with E-state index < -0.39 is 8.07 Å². The number of rotatable bonds is 7. The van der Waals surface area contributed by atoms with Crippen molar-refractivity contribution in [3.63, 3.8) is 0 Å². The fourth-order valence-electron chi connectivity index (χ4n) is 8.78. The summed E-state index contributed by atoms with van der Waals surface area (Å²) in [6, 6.07) is 48.5. The number of imidazole rings is 2. The molecule has 10 rings (SSSR count). The summed E-state index contributed by atoms with van der Waals surface area (Å²) in [4.78, 5) is 15.0. The first-order valence-electron chi connectivity index (χ1n) is 22.0.